The van der Waals surface area contributed by atoms with Crippen LogP contribution in [0.3, 0.4) is 0 Å². The van der Waals surface area contributed by atoms with Gasteiger partial charge in [-0.05, 0) is 84.4 Å². The first-order valence-electron chi connectivity index (χ1n) is 16.5. The van der Waals surface area contributed by atoms with Crippen molar-refractivity contribution < 1.29 is 28.5 Å². The Morgan fingerprint density at radius 2 is 1.57 bits per heavy atom. The number of nitrogens with zero attached hydrogens (tertiary/aromatic N) is 4. The van der Waals surface area contributed by atoms with Crippen molar-refractivity contribution in [1.29, 1.82) is 0 Å². The molecule has 0 aliphatic heterocycles. The van der Waals surface area contributed by atoms with E-state index >= 15 is 0 Å². The van der Waals surface area contributed by atoms with Gasteiger partial charge in [-0.3, -0.25) is 14.2 Å². The van der Waals surface area contributed by atoms with Crippen LogP contribution >= 0.6 is 11.8 Å². The van der Waals surface area contributed by atoms with Gasteiger partial charge >= 0.3 is 0 Å². The van der Waals surface area contributed by atoms with E-state index in [0.29, 0.717) is 51.6 Å². The highest BCUT2D eigenvalue weighted by Crippen LogP contribution is 2.39. The molecule has 11 nitrogen and oxygen atoms in total. The maximum atomic E-state index is 13.0. The number of amides is 1. The van der Waals surface area contributed by atoms with Crippen molar-refractivity contribution in [3.05, 3.63) is 121 Å². The number of ether oxygens (including phenoxy) is 4. The largest absolute Gasteiger partial charge is 0.497 e. The average Bonchev–Trinajstić information content (AvgIpc) is 3.60. The van der Waals surface area contributed by atoms with Crippen LogP contribution in [-0.2, 0) is 11.3 Å². The maximum Gasteiger partial charge on any atom is 0.234 e. The van der Waals surface area contributed by atoms with Crippen LogP contribution in [0.15, 0.2) is 115 Å². The Balaban J connectivity index is 1.14. The van der Waals surface area contributed by atoms with Gasteiger partial charge in [-0.2, -0.15) is 0 Å². The normalized spacial score (nSPS) is 11.0. The number of carbonyl (C=O) groups is 2. The van der Waals surface area contributed by atoms with Crippen molar-refractivity contribution >= 4 is 46.1 Å². The Hall–Kier alpha value is -6.40. The molecule has 0 bridgehead atoms. The molecule has 1 amide bonds. The standard InChI is InChI=1S/C41H37N5O6S/c1-6-21-46-40(32-24-34(27-14-18-30(49-2)19-15-27)43-33-10-8-7-9-31(32)33)44-45-41(46)53-25-38(48)42-29-16-12-28(13-17-29)35(47)20-11-26-22-36(50-3)39(52-5)37(23-26)51-4/h6-20,22-24H,1,21,25H2,2-5H3,(H,42,48)/b20-11+. The lowest BCUT2D eigenvalue weighted by Gasteiger charge is -2.12. The van der Waals surface area contributed by atoms with Crippen molar-refractivity contribution in [1.82, 2.24) is 19.7 Å². The summed E-state index contributed by atoms with van der Waals surface area (Å²) in [5.41, 5.74) is 5.12. The van der Waals surface area contributed by atoms with Crippen LogP contribution in [0, 0.1) is 0 Å². The third kappa shape index (κ3) is 8.23. The quantitative estimate of drug-likeness (QED) is 0.0481. The fourth-order valence-electron chi connectivity index (χ4n) is 5.67. The first-order chi connectivity index (χ1) is 25.8. The molecule has 6 aromatic rings. The van der Waals surface area contributed by atoms with Gasteiger partial charge in [-0.25, -0.2) is 4.98 Å². The number of pyridine rings is 1. The number of methoxy groups -OCH3 is 4. The summed E-state index contributed by atoms with van der Waals surface area (Å²) >= 11 is 1.27. The topological polar surface area (TPSA) is 127 Å². The molecule has 0 saturated carbocycles. The first-order valence-corrected chi connectivity index (χ1v) is 17.5. The van der Waals surface area contributed by atoms with E-state index in [1.54, 1.807) is 55.7 Å². The molecule has 12 heteroatoms. The monoisotopic (exact) mass is 727 g/mol. The summed E-state index contributed by atoms with van der Waals surface area (Å²) in [5.74, 6) is 2.49. The Bertz CT molecular complexity index is 2280. The highest BCUT2D eigenvalue weighted by Gasteiger charge is 2.19. The summed E-state index contributed by atoms with van der Waals surface area (Å²) < 4.78 is 23.4. The number of nitrogens with one attached hydrogen (secondary N) is 1. The smallest absolute Gasteiger partial charge is 0.234 e. The molecule has 2 heterocycles. The molecule has 53 heavy (non-hydrogen) atoms. The number of aromatic nitrogens is 4. The van der Waals surface area contributed by atoms with Crippen molar-refractivity contribution in [2.24, 2.45) is 0 Å². The third-order valence-electron chi connectivity index (χ3n) is 8.27. The number of thioether (sulfide) groups is 1. The molecular weight excluding hydrogens is 691 g/mol. The van der Waals surface area contributed by atoms with Crippen LogP contribution in [0.1, 0.15) is 15.9 Å². The Morgan fingerprint density at radius 1 is 0.849 bits per heavy atom. The number of carbonyl (C=O) groups excluding carboxylic acids is 2. The van der Waals surface area contributed by atoms with Gasteiger partial charge in [0.25, 0.3) is 0 Å². The summed E-state index contributed by atoms with van der Waals surface area (Å²) in [7, 11) is 6.23. The molecule has 0 spiro atoms. The Kier molecular flexibility index (Phi) is 11.5. The lowest BCUT2D eigenvalue weighted by atomic mass is 10.0. The number of allylic oxidation sites excluding steroid dienone is 2. The number of rotatable bonds is 15. The van der Waals surface area contributed by atoms with Crippen LogP contribution in [0.25, 0.3) is 39.6 Å². The number of ketones is 1. The van der Waals surface area contributed by atoms with Gasteiger partial charge in [0.1, 0.15) is 5.75 Å². The summed E-state index contributed by atoms with van der Waals surface area (Å²) in [6.45, 7) is 4.38. The summed E-state index contributed by atoms with van der Waals surface area (Å²) in [6, 6.07) is 27.9. The van der Waals surface area contributed by atoms with Gasteiger partial charge in [0.05, 0.1) is 45.4 Å². The number of hydrogen-bond donors (Lipinski definition) is 1. The number of anilines is 1. The molecule has 6 rings (SSSR count). The highest BCUT2D eigenvalue weighted by atomic mass is 32.2. The fourth-order valence-corrected chi connectivity index (χ4v) is 6.42. The molecule has 0 fully saturated rings. The minimum Gasteiger partial charge on any atom is -0.497 e. The van der Waals surface area contributed by atoms with E-state index in [4.69, 9.17) is 23.9 Å². The molecule has 0 radical (unpaired) electrons. The number of para-hydroxylation sites is 1. The number of fused-ring (bicyclic) bond motifs is 1. The van der Waals surface area contributed by atoms with Gasteiger partial charge in [0.2, 0.25) is 11.7 Å². The van der Waals surface area contributed by atoms with Crippen molar-refractivity contribution in [2.45, 2.75) is 11.7 Å². The minimum absolute atomic E-state index is 0.0850. The van der Waals surface area contributed by atoms with E-state index in [2.05, 4.69) is 22.1 Å². The second kappa shape index (κ2) is 16.7. The summed E-state index contributed by atoms with van der Waals surface area (Å²) in [6.07, 6.45) is 4.91. The third-order valence-corrected chi connectivity index (χ3v) is 9.24. The van der Waals surface area contributed by atoms with Gasteiger partial charge in [0, 0.05) is 34.3 Å². The molecule has 0 saturated heterocycles. The zero-order chi connectivity index (χ0) is 37.3. The van der Waals surface area contributed by atoms with Gasteiger partial charge in [-0.15, -0.1) is 16.8 Å². The van der Waals surface area contributed by atoms with E-state index in [1.807, 2.05) is 59.2 Å². The van der Waals surface area contributed by atoms with E-state index in [0.717, 1.165) is 33.5 Å². The van der Waals surface area contributed by atoms with Crippen LogP contribution in [-0.4, -0.2) is 65.6 Å². The lowest BCUT2D eigenvalue weighted by molar-refractivity contribution is -0.113. The second-order valence-electron chi connectivity index (χ2n) is 11.6. The summed E-state index contributed by atoms with van der Waals surface area (Å²) in [5, 5.41) is 13.4. The first kappa shape index (κ1) is 36.4. The van der Waals surface area contributed by atoms with E-state index in [1.165, 1.54) is 39.2 Å². The predicted octanol–water partition coefficient (Wildman–Crippen LogP) is 8.01. The van der Waals surface area contributed by atoms with Crippen LogP contribution in [0.2, 0.25) is 0 Å². The molecule has 0 unspecified atom stereocenters. The van der Waals surface area contributed by atoms with Crippen molar-refractivity contribution in [3.8, 4) is 45.6 Å². The maximum absolute atomic E-state index is 13.0. The lowest BCUT2D eigenvalue weighted by Crippen LogP contribution is -2.14. The van der Waals surface area contributed by atoms with Gasteiger partial charge in [-0.1, -0.05) is 42.1 Å². The van der Waals surface area contributed by atoms with E-state index < -0.39 is 0 Å². The molecule has 4 aromatic carbocycles. The average molecular weight is 728 g/mol. The van der Waals surface area contributed by atoms with Gasteiger partial charge < -0.3 is 24.3 Å². The minimum atomic E-state index is -0.234. The molecule has 0 aliphatic rings. The highest BCUT2D eigenvalue weighted by molar-refractivity contribution is 7.99. The zero-order valence-electron chi connectivity index (χ0n) is 29.7. The van der Waals surface area contributed by atoms with Crippen LogP contribution in [0.5, 0.6) is 23.0 Å². The number of hydrogen-bond acceptors (Lipinski definition) is 10. The predicted molar refractivity (Wildman–Crippen MR) is 208 cm³/mol. The second-order valence-corrected chi connectivity index (χ2v) is 12.5. The molecule has 2 aromatic heterocycles. The Labute approximate surface area is 311 Å². The van der Waals surface area contributed by atoms with Crippen LogP contribution < -0.4 is 24.3 Å². The van der Waals surface area contributed by atoms with E-state index in [9.17, 15) is 9.59 Å². The molecule has 0 atom stereocenters. The Morgan fingerprint density at radius 3 is 2.23 bits per heavy atom. The summed E-state index contributed by atoms with van der Waals surface area (Å²) in [4.78, 5) is 30.9. The molecule has 0 aliphatic carbocycles. The molecular formula is C41H37N5O6S. The molecule has 268 valence electrons. The van der Waals surface area contributed by atoms with Gasteiger partial charge in [0.15, 0.2) is 28.3 Å². The van der Waals surface area contributed by atoms with E-state index in [-0.39, 0.29) is 17.4 Å². The van der Waals surface area contributed by atoms with Crippen molar-refractivity contribution in [3.63, 3.8) is 0 Å². The fraction of sp³-hybridized carbons (Fsp3) is 0.146. The van der Waals surface area contributed by atoms with Crippen LogP contribution in [0.4, 0.5) is 5.69 Å². The number of benzene rings is 4. The zero-order valence-corrected chi connectivity index (χ0v) is 30.5. The van der Waals surface area contributed by atoms with Crippen molar-refractivity contribution in [2.75, 3.05) is 39.5 Å². The SMILES string of the molecule is C=CCn1c(SCC(=O)Nc2ccc(C(=O)/C=C/c3cc(OC)c(OC)c(OC)c3)cc2)nnc1-c1cc(-c2ccc(OC)cc2)nc2ccccc12. The molecule has 1 N–H and O–H groups in total.